The van der Waals surface area contributed by atoms with Crippen LogP contribution >= 0.6 is 0 Å². The van der Waals surface area contributed by atoms with E-state index in [0.29, 0.717) is 6.42 Å². The molecule has 0 aliphatic rings. The van der Waals surface area contributed by atoms with Crippen molar-refractivity contribution in [3.63, 3.8) is 0 Å². The van der Waals surface area contributed by atoms with Crippen LogP contribution in [0.25, 0.3) is 0 Å². The zero-order valence-electron chi connectivity index (χ0n) is 6.05. The van der Waals surface area contributed by atoms with E-state index in [2.05, 4.69) is 16.6 Å². The van der Waals surface area contributed by atoms with Gasteiger partial charge in [-0.15, -0.1) is 0 Å². The zero-order chi connectivity index (χ0) is 7.98. The Hall–Kier alpha value is -1.01. The Morgan fingerprint density at radius 3 is 2.80 bits per heavy atom. The second-order valence-corrected chi connectivity index (χ2v) is 1.68. The fourth-order valence-corrected chi connectivity index (χ4v) is 0.295. The van der Waals surface area contributed by atoms with E-state index in [4.69, 9.17) is 5.11 Å². The van der Waals surface area contributed by atoms with Gasteiger partial charge in [0.1, 0.15) is 6.10 Å². The summed E-state index contributed by atoms with van der Waals surface area (Å²) in [5.41, 5.74) is 0. The van der Waals surface area contributed by atoms with Gasteiger partial charge in [0.15, 0.2) is 0 Å². The SMILES string of the molecule is CC[C@@H](O)C#CC(=O)OC. The van der Waals surface area contributed by atoms with E-state index in [1.807, 2.05) is 0 Å². The third kappa shape index (κ3) is 3.93. The second-order valence-electron chi connectivity index (χ2n) is 1.68. The highest BCUT2D eigenvalue weighted by molar-refractivity contribution is 5.88. The number of carbonyl (C=O) groups excluding carboxylic acids is 1. The molecule has 3 heteroatoms. The van der Waals surface area contributed by atoms with Gasteiger partial charge in [0.2, 0.25) is 0 Å². The summed E-state index contributed by atoms with van der Waals surface area (Å²) < 4.78 is 4.22. The largest absolute Gasteiger partial charge is 0.459 e. The number of methoxy groups -OCH3 is 1. The maximum Gasteiger partial charge on any atom is 0.384 e. The maximum atomic E-state index is 10.3. The summed E-state index contributed by atoms with van der Waals surface area (Å²) in [5.74, 6) is 3.82. The summed E-state index contributed by atoms with van der Waals surface area (Å²) >= 11 is 0. The summed E-state index contributed by atoms with van der Waals surface area (Å²) in [5, 5.41) is 8.82. The number of esters is 1. The first-order valence-electron chi connectivity index (χ1n) is 2.98. The van der Waals surface area contributed by atoms with Crippen LogP contribution in [-0.2, 0) is 9.53 Å². The molecule has 0 rings (SSSR count). The van der Waals surface area contributed by atoms with E-state index in [-0.39, 0.29) is 0 Å². The van der Waals surface area contributed by atoms with Gasteiger partial charge in [-0.25, -0.2) is 4.79 Å². The summed E-state index contributed by atoms with van der Waals surface area (Å²) in [7, 11) is 1.25. The molecule has 1 atom stereocenters. The number of hydrogen-bond acceptors (Lipinski definition) is 3. The molecule has 0 radical (unpaired) electrons. The molecule has 0 bridgehead atoms. The first kappa shape index (κ1) is 8.99. The van der Waals surface area contributed by atoms with E-state index in [0.717, 1.165) is 0 Å². The predicted octanol–water partition coefficient (Wildman–Crippen LogP) is -0.0663. The first-order chi connectivity index (χ1) is 4.70. The molecule has 0 heterocycles. The third-order valence-electron chi connectivity index (χ3n) is 0.913. The number of aliphatic hydroxyl groups is 1. The molecular formula is C7H10O3. The molecule has 3 nitrogen and oxygen atoms in total. The highest BCUT2D eigenvalue weighted by Crippen LogP contribution is 1.84. The van der Waals surface area contributed by atoms with Gasteiger partial charge in [0, 0.05) is 5.92 Å². The van der Waals surface area contributed by atoms with E-state index >= 15 is 0 Å². The van der Waals surface area contributed by atoms with E-state index in [1.165, 1.54) is 7.11 Å². The molecule has 1 N–H and O–H groups in total. The molecule has 0 aromatic rings. The molecule has 0 unspecified atom stereocenters. The Kier molecular flexibility index (Phi) is 4.34. The van der Waals surface area contributed by atoms with Crippen molar-refractivity contribution >= 4 is 5.97 Å². The Balaban J connectivity index is 3.78. The zero-order valence-corrected chi connectivity index (χ0v) is 6.05. The van der Waals surface area contributed by atoms with E-state index in [9.17, 15) is 4.79 Å². The monoisotopic (exact) mass is 142 g/mol. The van der Waals surface area contributed by atoms with Crippen LogP contribution in [-0.4, -0.2) is 24.3 Å². The van der Waals surface area contributed by atoms with Gasteiger partial charge in [0.05, 0.1) is 7.11 Å². The summed E-state index contributed by atoms with van der Waals surface area (Å²) in [4.78, 5) is 10.3. The van der Waals surface area contributed by atoms with Crippen LogP contribution in [0, 0.1) is 11.8 Å². The van der Waals surface area contributed by atoms with Gasteiger partial charge in [-0.3, -0.25) is 0 Å². The number of aliphatic hydroxyl groups excluding tert-OH is 1. The molecule has 10 heavy (non-hydrogen) atoms. The molecule has 0 amide bonds. The molecule has 56 valence electrons. The van der Waals surface area contributed by atoms with Gasteiger partial charge >= 0.3 is 5.97 Å². The Labute approximate surface area is 60.0 Å². The van der Waals surface area contributed by atoms with Gasteiger partial charge < -0.3 is 9.84 Å². The lowest BCUT2D eigenvalue weighted by atomic mass is 10.3. The quantitative estimate of drug-likeness (QED) is 0.317. The Morgan fingerprint density at radius 2 is 2.40 bits per heavy atom. The average Bonchev–Trinajstić information content (AvgIpc) is 1.99. The predicted molar refractivity (Wildman–Crippen MR) is 36.1 cm³/mol. The van der Waals surface area contributed by atoms with Crippen molar-refractivity contribution < 1.29 is 14.6 Å². The van der Waals surface area contributed by atoms with Crippen LogP contribution in [0.4, 0.5) is 0 Å². The lowest BCUT2D eigenvalue weighted by Crippen LogP contribution is -2.02. The summed E-state index contributed by atoms with van der Waals surface area (Å²) in [6.45, 7) is 1.77. The minimum atomic E-state index is -0.723. The topological polar surface area (TPSA) is 46.5 Å². The summed E-state index contributed by atoms with van der Waals surface area (Å²) in [6, 6.07) is 0. The lowest BCUT2D eigenvalue weighted by molar-refractivity contribution is -0.133. The standard InChI is InChI=1S/C7H10O3/c1-3-6(8)4-5-7(9)10-2/h6,8H,3H2,1-2H3/t6-/m1/s1. The van der Waals surface area contributed by atoms with Crippen molar-refractivity contribution in [1.82, 2.24) is 0 Å². The van der Waals surface area contributed by atoms with Crippen LogP contribution in [0.3, 0.4) is 0 Å². The van der Waals surface area contributed by atoms with Crippen molar-refractivity contribution in [3.05, 3.63) is 0 Å². The molecule has 0 aromatic carbocycles. The Bertz CT molecular complexity index is 163. The minimum absolute atomic E-state index is 0.518. The van der Waals surface area contributed by atoms with Gasteiger partial charge in [-0.1, -0.05) is 12.8 Å². The third-order valence-corrected chi connectivity index (χ3v) is 0.913. The van der Waals surface area contributed by atoms with Crippen LogP contribution < -0.4 is 0 Å². The molecule has 0 spiro atoms. The molecular weight excluding hydrogens is 132 g/mol. The molecule has 0 fully saturated rings. The van der Waals surface area contributed by atoms with Gasteiger partial charge in [-0.05, 0) is 6.42 Å². The van der Waals surface area contributed by atoms with E-state index in [1.54, 1.807) is 6.92 Å². The van der Waals surface area contributed by atoms with Crippen LogP contribution in [0.15, 0.2) is 0 Å². The fourth-order valence-electron chi connectivity index (χ4n) is 0.295. The number of rotatable bonds is 1. The highest BCUT2D eigenvalue weighted by atomic mass is 16.5. The first-order valence-corrected chi connectivity index (χ1v) is 2.98. The molecule has 0 aromatic heterocycles. The minimum Gasteiger partial charge on any atom is -0.459 e. The van der Waals surface area contributed by atoms with Crippen LogP contribution in [0.2, 0.25) is 0 Å². The lowest BCUT2D eigenvalue weighted by Gasteiger charge is -1.92. The molecule has 0 saturated carbocycles. The van der Waals surface area contributed by atoms with Crippen LogP contribution in [0.1, 0.15) is 13.3 Å². The van der Waals surface area contributed by atoms with Crippen molar-refractivity contribution in [1.29, 1.82) is 0 Å². The number of carbonyl (C=O) groups is 1. The van der Waals surface area contributed by atoms with Crippen molar-refractivity contribution in [2.24, 2.45) is 0 Å². The highest BCUT2D eigenvalue weighted by Gasteiger charge is 1.93. The number of ether oxygens (including phenoxy) is 1. The summed E-state index contributed by atoms with van der Waals surface area (Å²) in [6.07, 6.45) is -0.205. The molecule has 0 aliphatic carbocycles. The average molecular weight is 142 g/mol. The smallest absolute Gasteiger partial charge is 0.384 e. The molecule has 0 aliphatic heterocycles. The fraction of sp³-hybridized carbons (Fsp3) is 0.571. The van der Waals surface area contributed by atoms with Gasteiger partial charge in [0.25, 0.3) is 0 Å². The normalized spacial score (nSPS) is 11.1. The van der Waals surface area contributed by atoms with Crippen LogP contribution in [0.5, 0.6) is 0 Å². The van der Waals surface area contributed by atoms with Crippen molar-refractivity contribution in [2.75, 3.05) is 7.11 Å². The number of hydrogen-bond donors (Lipinski definition) is 1. The van der Waals surface area contributed by atoms with Crippen molar-refractivity contribution in [2.45, 2.75) is 19.4 Å². The molecule has 0 saturated heterocycles. The second kappa shape index (κ2) is 4.83. The Morgan fingerprint density at radius 1 is 1.80 bits per heavy atom. The maximum absolute atomic E-state index is 10.3. The van der Waals surface area contributed by atoms with E-state index < -0.39 is 12.1 Å². The van der Waals surface area contributed by atoms with Crippen molar-refractivity contribution in [3.8, 4) is 11.8 Å². The van der Waals surface area contributed by atoms with Gasteiger partial charge in [-0.2, -0.15) is 0 Å².